The summed E-state index contributed by atoms with van der Waals surface area (Å²) in [6.07, 6.45) is -0.547. The number of piperazine rings is 1. The highest BCUT2D eigenvalue weighted by Crippen LogP contribution is 2.20. The molecule has 3 rings (SSSR count). The number of rotatable bonds is 5. The zero-order valence-electron chi connectivity index (χ0n) is 14.8. The Balaban J connectivity index is 1.55. The smallest absolute Gasteiger partial charge is 0.254 e. The van der Waals surface area contributed by atoms with Gasteiger partial charge in [0.15, 0.2) is 11.6 Å². The van der Waals surface area contributed by atoms with Crippen molar-refractivity contribution in [1.29, 1.82) is 0 Å². The third kappa shape index (κ3) is 4.20. The van der Waals surface area contributed by atoms with Crippen LogP contribution in [-0.2, 0) is 0 Å². The first-order valence-corrected chi connectivity index (χ1v) is 8.66. The average molecular weight is 358 g/mol. The summed E-state index contributed by atoms with van der Waals surface area (Å²) in [5, 5.41) is 10.3. The van der Waals surface area contributed by atoms with Crippen molar-refractivity contribution in [2.75, 3.05) is 39.8 Å². The van der Waals surface area contributed by atoms with E-state index in [0.717, 1.165) is 5.56 Å². The van der Waals surface area contributed by atoms with Crippen LogP contribution in [0.3, 0.4) is 0 Å². The van der Waals surface area contributed by atoms with E-state index >= 15 is 0 Å². The molecule has 138 valence electrons. The average Bonchev–Trinajstić information content (AvgIpc) is 2.68. The standard InChI is InChI=1S/C20H23FN2O3/c1-26-19-8-7-16(13-17(19)21)20(25)23-11-9-22(10-12-23)14-18(24)15-5-3-2-4-6-15/h2-8,13,18,24H,9-12,14H2,1H3. The van der Waals surface area contributed by atoms with Crippen LogP contribution in [0.5, 0.6) is 5.75 Å². The Labute approximate surface area is 152 Å². The Morgan fingerprint density at radius 1 is 1.15 bits per heavy atom. The second-order valence-corrected chi connectivity index (χ2v) is 6.37. The molecule has 1 heterocycles. The SMILES string of the molecule is COc1ccc(C(=O)N2CCN(CC(O)c3ccccc3)CC2)cc1F. The van der Waals surface area contributed by atoms with Gasteiger partial charge in [0.05, 0.1) is 13.2 Å². The molecular weight excluding hydrogens is 335 g/mol. The van der Waals surface area contributed by atoms with E-state index in [1.54, 1.807) is 11.0 Å². The van der Waals surface area contributed by atoms with Gasteiger partial charge in [0.1, 0.15) is 0 Å². The third-order valence-corrected chi connectivity index (χ3v) is 4.67. The second-order valence-electron chi connectivity index (χ2n) is 6.37. The van der Waals surface area contributed by atoms with Crippen molar-refractivity contribution in [1.82, 2.24) is 9.80 Å². The lowest BCUT2D eigenvalue weighted by molar-refractivity contribution is 0.0527. The third-order valence-electron chi connectivity index (χ3n) is 4.67. The number of aliphatic hydroxyl groups is 1. The molecule has 2 aromatic rings. The topological polar surface area (TPSA) is 53.0 Å². The molecule has 0 bridgehead atoms. The van der Waals surface area contributed by atoms with Gasteiger partial charge in [0, 0.05) is 38.3 Å². The largest absolute Gasteiger partial charge is 0.494 e. The van der Waals surface area contributed by atoms with Crippen LogP contribution in [0.2, 0.25) is 0 Å². The molecule has 0 aromatic heterocycles. The van der Waals surface area contributed by atoms with Crippen LogP contribution < -0.4 is 4.74 Å². The first kappa shape index (κ1) is 18.4. The number of aliphatic hydroxyl groups excluding tert-OH is 1. The van der Waals surface area contributed by atoms with E-state index in [0.29, 0.717) is 38.3 Å². The fourth-order valence-corrected chi connectivity index (χ4v) is 3.14. The number of amides is 1. The number of carbonyl (C=O) groups excluding carboxylic acids is 1. The maximum atomic E-state index is 13.8. The zero-order chi connectivity index (χ0) is 18.5. The van der Waals surface area contributed by atoms with Gasteiger partial charge < -0.3 is 14.7 Å². The molecule has 1 atom stereocenters. The van der Waals surface area contributed by atoms with Crippen molar-refractivity contribution < 1.29 is 19.0 Å². The molecule has 5 nitrogen and oxygen atoms in total. The lowest BCUT2D eigenvalue weighted by Gasteiger charge is -2.35. The number of methoxy groups -OCH3 is 1. The summed E-state index contributed by atoms with van der Waals surface area (Å²) in [5.41, 5.74) is 1.21. The van der Waals surface area contributed by atoms with Gasteiger partial charge in [-0.1, -0.05) is 30.3 Å². The maximum absolute atomic E-state index is 13.8. The first-order valence-electron chi connectivity index (χ1n) is 8.66. The normalized spacial score (nSPS) is 16.3. The van der Waals surface area contributed by atoms with Crippen molar-refractivity contribution in [3.8, 4) is 5.75 Å². The lowest BCUT2D eigenvalue weighted by Crippen LogP contribution is -2.49. The van der Waals surface area contributed by atoms with Crippen molar-refractivity contribution in [3.63, 3.8) is 0 Å². The summed E-state index contributed by atoms with van der Waals surface area (Å²) in [6.45, 7) is 2.98. The highest BCUT2D eigenvalue weighted by Gasteiger charge is 2.24. The summed E-state index contributed by atoms with van der Waals surface area (Å²) < 4.78 is 18.7. The molecule has 1 aliphatic heterocycles. The molecule has 1 aliphatic rings. The Morgan fingerprint density at radius 2 is 1.85 bits per heavy atom. The summed E-state index contributed by atoms with van der Waals surface area (Å²) in [5.74, 6) is -0.598. The van der Waals surface area contributed by atoms with Crippen LogP contribution >= 0.6 is 0 Å². The molecule has 26 heavy (non-hydrogen) atoms. The van der Waals surface area contributed by atoms with Crippen LogP contribution in [0.25, 0.3) is 0 Å². The zero-order valence-corrected chi connectivity index (χ0v) is 14.8. The molecule has 1 fully saturated rings. The van der Waals surface area contributed by atoms with E-state index in [4.69, 9.17) is 4.74 Å². The Hall–Kier alpha value is -2.44. The second kappa shape index (κ2) is 8.29. The molecule has 0 saturated carbocycles. The van der Waals surface area contributed by atoms with Gasteiger partial charge in [-0.25, -0.2) is 4.39 Å². The fraction of sp³-hybridized carbons (Fsp3) is 0.350. The van der Waals surface area contributed by atoms with Gasteiger partial charge in [-0.3, -0.25) is 9.69 Å². The first-order chi connectivity index (χ1) is 12.6. The van der Waals surface area contributed by atoms with Gasteiger partial charge in [0.25, 0.3) is 5.91 Å². The Kier molecular flexibility index (Phi) is 5.85. The number of β-amino-alcohol motifs (C(OH)–C–C–N with tert-alkyl or cyclic N) is 1. The molecule has 1 unspecified atom stereocenters. The Bertz CT molecular complexity index is 746. The maximum Gasteiger partial charge on any atom is 0.254 e. The van der Waals surface area contributed by atoms with Crippen LogP contribution in [0.1, 0.15) is 22.0 Å². The molecule has 1 amide bonds. The van der Waals surface area contributed by atoms with Crippen molar-refractivity contribution in [2.45, 2.75) is 6.10 Å². The summed E-state index contributed by atoms with van der Waals surface area (Å²) in [7, 11) is 1.39. The van der Waals surface area contributed by atoms with Crippen LogP contribution in [-0.4, -0.2) is 60.6 Å². The van der Waals surface area contributed by atoms with Crippen molar-refractivity contribution in [3.05, 3.63) is 65.5 Å². The van der Waals surface area contributed by atoms with E-state index in [-0.39, 0.29) is 11.7 Å². The number of halogens is 1. The van der Waals surface area contributed by atoms with E-state index in [9.17, 15) is 14.3 Å². The van der Waals surface area contributed by atoms with Crippen LogP contribution in [0.15, 0.2) is 48.5 Å². The quantitative estimate of drug-likeness (QED) is 0.891. The van der Waals surface area contributed by atoms with Crippen LogP contribution in [0.4, 0.5) is 4.39 Å². The Morgan fingerprint density at radius 3 is 2.46 bits per heavy atom. The van der Waals surface area contributed by atoms with Crippen molar-refractivity contribution in [2.24, 2.45) is 0 Å². The monoisotopic (exact) mass is 358 g/mol. The van der Waals surface area contributed by atoms with Gasteiger partial charge in [-0.2, -0.15) is 0 Å². The minimum Gasteiger partial charge on any atom is -0.494 e. The van der Waals surface area contributed by atoms with Gasteiger partial charge in [-0.15, -0.1) is 0 Å². The molecule has 0 spiro atoms. The molecule has 2 aromatic carbocycles. The molecule has 6 heteroatoms. The summed E-state index contributed by atoms with van der Waals surface area (Å²) >= 11 is 0. The van der Waals surface area contributed by atoms with E-state index in [1.165, 1.54) is 19.2 Å². The lowest BCUT2D eigenvalue weighted by atomic mass is 10.1. The van der Waals surface area contributed by atoms with E-state index < -0.39 is 11.9 Å². The van der Waals surface area contributed by atoms with E-state index in [1.807, 2.05) is 30.3 Å². The fourth-order valence-electron chi connectivity index (χ4n) is 3.14. The predicted molar refractivity (Wildman–Crippen MR) is 96.7 cm³/mol. The minimum atomic E-state index is -0.547. The van der Waals surface area contributed by atoms with Crippen molar-refractivity contribution >= 4 is 5.91 Å². The number of nitrogens with zero attached hydrogens (tertiary/aromatic N) is 2. The highest BCUT2D eigenvalue weighted by atomic mass is 19.1. The molecular formula is C20H23FN2O3. The number of hydrogen-bond donors (Lipinski definition) is 1. The number of hydrogen-bond acceptors (Lipinski definition) is 4. The number of carbonyl (C=O) groups is 1. The number of ether oxygens (including phenoxy) is 1. The molecule has 1 N–H and O–H groups in total. The molecule has 1 saturated heterocycles. The molecule has 0 radical (unpaired) electrons. The summed E-state index contributed by atoms with van der Waals surface area (Å²) in [6, 6.07) is 13.8. The van der Waals surface area contributed by atoms with E-state index in [2.05, 4.69) is 4.90 Å². The summed E-state index contributed by atoms with van der Waals surface area (Å²) in [4.78, 5) is 16.4. The van der Waals surface area contributed by atoms with Crippen LogP contribution in [0, 0.1) is 5.82 Å². The predicted octanol–water partition coefficient (Wildman–Crippen LogP) is 2.33. The minimum absolute atomic E-state index is 0.126. The van der Waals surface area contributed by atoms with Gasteiger partial charge >= 0.3 is 0 Å². The van der Waals surface area contributed by atoms with Gasteiger partial charge in [-0.05, 0) is 23.8 Å². The molecule has 0 aliphatic carbocycles. The number of benzene rings is 2. The highest BCUT2D eigenvalue weighted by molar-refractivity contribution is 5.94. The van der Waals surface area contributed by atoms with Gasteiger partial charge in [0.2, 0.25) is 0 Å².